The van der Waals surface area contributed by atoms with E-state index in [-0.39, 0.29) is 29.6 Å². The molecular formula is C6H9NaO13S2. The van der Waals surface area contributed by atoms with Crippen molar-refractivity contribution in [3.63, 3.8) is 0 Å². The molecule has 1 unspecified atom stereocenters. The molecule has 0 aliphatic rings. The van der Waals surface area contributed by atoms with Crippen molar-refractivity contribution in [2.24, 2.45) is 0 Å². The maximum Gasteiger partial charge on any atom is 1.00 e. The number of carboxylic acids is 3. The Morgan fingerprint density at radius 1 is 0.909 bits per heavy atom. The van der Waals surface area contributed by atoms with E-state index in [1.807, 2.05) is 0 Å². The molecule has 0 aliphatic carbocycles. The Morgan fingerprint density at radius 3 is 1.36 bits per heavy atom. The third kappa shape index (κ3) is 10.9. The van der Waals surface area contributed by atoms with Crippen molar-refractivity contribution in [3.8, 4) is 0 Å². The van der Waals surface area contributed by atoms with Crippen LogP contribution in [0.2, 0.25) is 0 Å². The summed E-state index contributed by atoms with van der Waals surface area (Å²) >= 11 is 0. The summed E-state index contributed by atoms with van der Waals surface area (Å²) in [4.78, 5) is 30.3. The van der Waals surface area contributed by atoms with Crippen molar-refractivity contribution < 1.29 is 90.3 Å². The minimum atomic E-state index is -5.31. The van der Waals surface area contributed by atoms with Gasteiger partial charge in [0.15, 0.2) is 5.60 Å². The summed E-state index contributed by atoms with van der Waals surface area (Å²) in [5.74, 6) is -5.34. The molecule has 0 aromatic carbocycles. The van der Waals surface area contributed by atoms with Crippen LogP contribution in [0, 0.1) is 0 Å². The first-order valence-electron chi connectivity index (χ1n) is 4.35. The van der Waals surface area contributed by atoms with Crippen molar-refractivity contribution in [3.05, 3.63) is 0 Å². The molecule has 0 amide bonds. The van der Waals surface area contributed by atoms with E-state index in [1.54, 1.807) is 0 Å². The molecular weight excluding hydrogens is 367 g/mol. The zero-order valence-corrected chi connectivity index (χ0v) is 14.4. The van der Waals surface area contributed by atoms with E-state index in [4.69, 9.17) is 24.4 Å². The van der Waals surface area contributed by atoms with E-state index in [0.29, 0.717) is 0 Å². The van der Waals surface area contributed by atoms with Crippen molar-refractivity contribution >= 4 is 36.2 Å². The van der Waals surface area contributed by atoms with Gasteiger partial charge in [0.1, 0.15) is 0 Å². The molecule has 0 saturated carbocycles. The third-order valence-electron chi connectivity index (χ3n) is 1.54. The summed E-state index contributed by atoms with van der Waals surface area (Å²) in [6, 6.07) is 0. The maximum absolute atomic E-state index is 10.3. The van der Waals surface area contributed by atoms with Crippen molar-refractivity contribution in [1.82, 2.24) is 0 Å². The van der Waals surface area contributed by atoms with Gasteiger partial charge in [-0.2, -0.15) is 16.8 Å². The van der Waals surface area contributed by atoms with Gasteiger partial charge < -0.3 is 25.2 Å². The smallest absolute Gasteiger partial charge is 0.550 e. The van der Waals surface area contributed by atoms with Gasteiger partial charge >= 0.3 is 59.8 Å². The van der Waals surface area contributed by atoms with E-state index < -0.39 is 54.7 Å². The maximum atomic E-state index is 10.3. The number of carbonyl (C=O) groups is 3. The fourth-order valence-electron chi connectivity index (χ4n) is 0.703. The van der Waals surface area contributed by atoms with E-state index in [0.717, 1.165) is 0 Å². The molecule has 22 heavy (non-hydrogen) atoms. The molecule has 0 heterocycles. The average Bonchev–Trinajstić information content (AvgIpc) is 2.11. The van der Waals surface area contributed by atoms with Crippen LogP contribution in [0.3, 0.4) is 0 Å². The SMILES string of the molecule is O=C([O-])CC(O)(CC(=O)O)C(=O)O.O=S(=O)(O)S(=O)(=O)O.[Na+]. The second-order valence-electron chi connectivity index (χ2n) is 3.31. The van der Waals surface area contributed by atoms with Crippen LogP contribution in [0.25, 0.3) is 0 Å². The Kier molecular flexibility index (Phi) is 11.1. The zero-order valence-electron chi connectivity index (χ0n) is 10.7. The first-order valence-corrected chi connectivity index (χ1v) is 7.75. The van der Waals surface area contributed by atoms with Crippen LogP contribution in [0.5, 0.6) is 0 Å². The Morgan fingerprint density at radius 2 is 1.23 bits per heavy atom. The number of aliphatic hydroxyl groups is 1. The fraction of sp³-hybridized carbons (Fsp3) is 0.500. The summed E-state index contributed by atoms with van der Waals surface area (Å²) < 4.78 is 52.5. The van der Waals surface area contributed by atoms with Gasteiger partial charge in [0.05, 0.1) is 6.42 Å². The molecule has 0 aliphatic heterocycles. The topological polar surface area (TPSA) is 244 Å². The molecule has 0 saturated heterocycles. The van der Waals surface area contributed by atoms with E-state index in [1.165, 1.54) is 0 Å². The molecule has 0 rings (SSSR count). The quantitative estimate of drug-likeness (QED) is 0.164. The monoisotopic (exact) mass is 376 g/mol. The van der Waals surface area contributed by atoms with Gasteiger partial charge in [-0.05, 0) is 0 Å². The number of hydrogen-bond acceptors (Lipinski definition) is 9. The Hall–Kier alpha value is -0.810. The van der Waals surface area contributed by atoms with Crippen molar-refractivity contribution in [1.29, 1.82) is 0 Å². The number of carboxylic acid groups (broad SMARTS) is 3. The molecule has 0 spiro atoms. The molecule has 0 aromatic heterocycles. The van der Waals surface area contributed by atoms with Gasteiger partial charge in [-0.15, -0.1) is 0 Å². The van der Waals surface area contributed by atoms with E-state index in [2.05, 4.69) is 0 Å². The Balaban J connectivity index is -0.000000348. The number of hydrogen-bond donors (Lipinski definition) is 5. The standard InChI is InChI=1S/C6H8O7.Na.H2O6S2/c7-3(8)1-6(13,5(11)12)2-4(9)10;;1-7(2,3)8(4,5)6/h13H,1-2H2,(H,7,8)(H,9,10)(H,11,12);;(H,1,2,3)(H,4,5,6)/q;+1;/p-1. The number of rotatable bonds is 6. The largest absolute Gasteiger partial charge is 1.00 e. The van der Waals surface area contributed by atoms with Gasteiger partial charge in [-0.1, -0.05) is 0 Å². The van der Waals surface area contributed by atoms with Crippen LogP contribution in [0.15, 0.2) is 0 Å². The summed E-state index contributed by atoms with van der Waals surface area (Å²) in [5, 5.41) is 35.5. The molecule has 0 radical (unpaired) electrons. The summed E-state index contributed by atoms with van der Waals surface area (Å²) in [6.07, 6.45) is -2.44. The number of carbonyl (C=O) groups excluding carboxylic acids is 1. The van der Waals surface area contributed by atoms with Crippen LogP contribution in [0.4, 0.5) is 0 Å². The number of aliphatic carboxylic acids is 3. The predicted molar refractivity (Wildman–Crippen MR) is 57.6 cm³/mol. The van der Waals surface area contributed by atoms with E-state index >= 15 is 0 Å². The van der Waals surface area contributed by atoms with Crippen molar-refractivity contribution in [2.45, 2.75) is 18.4 Å². The Labute approximate surface area is 144 Å². The molecule has 5 N–H and O–H groups in total. The second-order valence-corrected chi connectivity index (χ2v) is 7.55. The summed E-state index contributed by atoms with van der Waals surface area (Å²) in [5.41, 5.74) is -2.80. The molecule has 16 heteroatoms. The molecule has 124 valence electrons. The minimum absolute atomic E-state index is 0. The first-order chi connectivity index (χ1) is 9.03. The molecule has 0 bridgehead atoms. The molecule has 13 nitrogen and oxygen atoms in total. The zero-order chi connectivity index (χ0) is 17.6. The molecule has 0 fully saturated rings. The van der Waals surface area contributed by atoms with Crippen LogP contribution in [0.1, 0.15) is 12.8 Å². The van der Waals surface area contributed by atoms with Crippen LogP contribution in [-0.2, 0) is 32.7 Å². The summed E-state index contributed by atoms with van der Waals surface area (Å²) in [7, 11) is -10.6. The van der Waals surface area contributed by atoms with Gasteiger partial charge in [0, 0.05) is 12.4 Å². The van der Waals surface area contributed by atoms with Gasteiger partial charge in [0.25, 0.3) is 0 Å². The van der Waals surface area contributed by atoms with Crippen LogP contribution < -0.4 is 34.7 Å². The molecule has 0 aromatic rings. The molecule has 1 atom stereocenters. The van der Waals surface area contributed by atoms with Gasteiger partial charge in [-0.3, -0.25) is 13.9 Å². The third-order valence-corrected chi connectivity index (χ3v) is 3.67. The minimum Gasteiger partial charge on any atom is -0.550 e. The average molecular weight is 376 g/mol. The van der Waals surface area contributed by atoms with Crippen LogP contribution in [-0.4, -0.2) is 64.8 Å². The normalized spacial score (nSPS) is 13.6. The van der Waals surface area contributed by atoms with Crippen molar-refractivity contribution in [2.75, 3.05) is 0 Å². The first kappa shape index (κ1) is 26.1. The van der Waals surface area contributed by atoms with E-state index in [9.17, 15) is 36.3 Å². The fourth-order valence-corrected chi connectivity index (χ4v) is 0.703. The van der Waals surface area contributed by atoms with Gasteiger partial charge in [0.2, 0.25) is 0 Å². The second kappa shape index (κ2) is 9.36. The summed E-state index contributed by atoms with van der Waals surface area (Å²) in [6.45, 7) is 0. The van der Waals surface area contributed by atoms with Gasteiger partial charge in [-0.25, -0.2) is 4.79 Å². The van der Waals surface area contributed by atoms with Crippen LogP contribution >= 0.6 is 0 Å². The Bertz CT molecular complexity index is 571. The predicted octanol–water partition coefficient (Wildman–Crippen LogP) is -6.90.